The third kappa shape index (κ3) is 5.07. The average molecular weight is 511 g/mol. The van der Waals surface area contributed by atoms with Crippen molar-refractivity contribution in [1.82, 2.24) is 0 Å². The van der Waals surface area contributed by atoms with E-state index >= 15 is 0 Å². The molecule has 1 saturated heterocycles. The van der Waals surface area contributed by atoms with Gasteiger partial charge in [-0.3, -0.25) is 14.9 Å². The molecular formula is C27H28F2N2O4Si. The molecule has 3 aromatic carbocycles. The van der Waals surface area contributed by atoms with Crippen molar-refractivity contribution in [3.8, 4) is 0 Å². The van der Waals surface area contributed by atoms with Crippen LogP contribution >= 0.6 is 0 Å². The van der Waals surface area contributed by atoms with Crippen molar-refractivity contribution >= 4 is 25.6 Å². The van der Waals surface area contributed by atoms with Gasteiger partial charge in [0.1, 0.15) is 11.6 Å². The lowest BCUT2D eigenvalue weighted by molar-refractivity contribution is -0.384. The number of rotatable bonds is 9. The highest BCUT2D eigenvalue weighted by Crippen LogP contribution is 2.50. The number of nitrogens with zero attached hydrogens (tertiary/aromatic N) is 2. The summed E-state index contributed by atoms with van der Waals surface area (Å²) in [6.45, 7) is 6.94. The van der Waals surface area contributed by atoms with E-state index in [1.165, 1.54) is 36.4 Å². The Bertz CT molecular complexity index is 1240. The monoisotopic (exact) mass is 510 g/mol. The van der Waals surface area contributed by atoms with Gasteiger partial charge in [0.2, 0.25) is 5.91 Å². The number of carbonyl (C=O) groups is 1. The number of β-lactam (4-membered cyclic amide) rings is 1. The van der Waals surface area contributed by atoms with Gasteiger partial charge in [-0.1, -0.05) is 24.3 Å². The number of nitro benzene ring substituents is 1. The zero-order chi connectivity index (χ0) is 26.1. The van der Waals surface area contributed by atoms with E-state index in [4.69, 9.17) is 4.43 Å². The first-order valence-electron chi connectivity index (χ1n) is 11.7. The van der Waals surface area contributed by atoms with E-state index in [2.05, 4.69) is 19.6 Å². The minimum Gasteiger partial charge on any atom is -0.418 e. The van der Waals surface area contributed by atoms with Crippen LogP contribution in [0.1, 0.15) is 23.5 Å². The van der Waals surface area contributed by atoms with Crippen LogP contribution in [0.5, 0.6) is 0 Å². The number of benzene rings is 3. The average Bonchev–Trinajstić information content (AvgIpc) is 2.83. The lowest BCUT2D eigenvalue weighted by atomic mass is 9.61. The first-order valence-corrected chi connectivity index (χ1v) is 15.1. The molecule has 0 aromatic heterocycles. The molecule has 1 aliphatic rings. The highest BCUT2D eigenvalue weighted by molar-refractivity contribution is 6.69. The molecule has 36 heavy (non-hydrogen) atoms. The van der Waals surface area contributed by atoms with Crippen LogP contribution in [0.2, 0.25) is 19.6 Å². The van der Waals surface area contributed by atoms with Gasteiger partial charge in [-0.05, 0) is 73.6 Å². The fraction of sp³-hybridized carbons (Fsp3) is 0.296. The Labute approximate surface area is 209 Å². The molecule has 3 aromatic rings. The van der Waals surface area contributed by atoms with Gasteiger partial charge in [-0.2, -0.15) is 0 Å². The Morgan fingerprint density at radius 3 is 2.03 bits per heavy atom. The van der Waals surface area contributed by atoms with E-state index in [0.29, 0.717) is 24.3 Å². The molecule has 9 heteroatoms. The van der Waals surface area contributed by atoms with E-state index in [1.807, 2.05) is 0 Å². The predicted octanol–water partition coefficient (Wildman–Crippen LogP) is 6.18. The fourth-order valence-electron chi connectivity index (χ4n) is 4.80. The maximum Gasteiger partial charge on any atom is 0.269 e. The van der Waals surface area contributed by atoms with Crippen LogP contribution in [0, 0.1) is 21.7 Å². The molecule has 0 N–H and O–H groups in total. The molecule has 1 fully saturated rings. The van der Waals surface area contributed by atoms with Crippen LogP contribution in [-0.2, 0) is 14.6 Å². The largest absolute Gasteiger partial charge is 0.418 e. The zero-order valence-corrected chi connectivity index (χ0v) is 21.4. The Morgan fingerprint density at radius 2 is 1.53 bits per heavy atom. The van der Waals surface area contributed by atoms with Gasteiger partial charge in [-0.25, -0.2) is 8.78 Å². The first-order chi connectivity index (χ1) is 17.0. The molecule has 188 valence electrons. The van der Waals surface area contributed by atoms with Crippen molar-refractivity contribution in [3.05, 3.63) is 106 Å². The number of anilines is 1. The summed E-state index contributed by atoms with van der Waals surface area (Å²) in [6, 6.07) is 17.8. The second-order valence-corrected chi connectivity index (χ2v) is 14.5. The number of nitro groups is 1. The molecule has 0 aliphatic carbocycles. The number of carbonyl (C=O) groups excluding carboxylic acids is 1. The van der Waals surface area contributed by atoms with Crippen molar-refractivity contribution in [2.24, 2.45) is 0 Å². The van der Waals surface area contributed by atoms with Gasteiger partial charge in [0, 0.05) is 36.9 Å². The molecule has 4 rings (SSSR count). The molecule has 1 aliphatic heterocycles. The van der Waals surface area contributed by atoms with Crippen molar-refractivity contribution < 1.29 is 22.9 Å². The van der Waals surface area contributed by atoms with Crippen LogP contribution in [0.4, 0.5) is 20.2 Å². The second kappa shape index (κ2) is 9.91. The Morgan fingerprint density at radius 1 is 0.972 bits per heavy atom. The predicted molar refractivity (Wildman–Crippen MR) is 137 cm³/mol. The Hall–Kier alpha value is -3.43. The molecule has 6 nitrogen and oxygen atoms in total. The summed E-state index contributed by atoms with van der Waals surface area (Å²) in [7, 11) is -1.84. The molecule has 0 spiro atoms. The topological polar surface area (TPSA) is 72.7 Å². The summed E-state index contributed by atoms with van der Waals surface area (Å²) < 4.78 is 33.4. The minimum absolute atomic E-state index is 0.0727. The van der Waals surface area contributed by atoms with E-state index in [-0.39, 0.29) is 29.9 Å². The number of hydrogen-bond donors (Lipinski definition) is 0. The molecule has 1 unspecified atom stereocenters. The number of non-ortho nitro benzene ring substituents is 1. The van der Waals surface area contributed by atoms with E-state index < -0.39 is 24.5 Å². The highest BCUT2D eigenvalue weighted by atomic mass is 28.4. The van der Waals surface area contributed by atoms with Crippen LogP contribution in [0.25, 0.3) is 0 Å². The Kier molecular flexibility index (Phi) is 7.06. The SMILES string of the molecule is C[Si](C)(C)OCCC(c1ccc(F)cc1)[C@@]1(c2ccc([N+](=O)[O-])cc2)CN(c2ccc(F)cc2)C1=O. The van der Waals surface area contributed by atoms with Gasteiger partial charge in [0.25, 0.3) is 5.69 Å². The standard InChI is InChI=1S/C27H28F2N2O4Si/c1-36(2,3)35-17-16-25(19-4-8-21(28)9-5-19)27(20-6-12-24(13-7-20)31(33)34)18-30(26(27)32)23-14-10-22(29)11-15-23/h4-15,25H,16-18H2,1-3H3/t25?,27-/m0/s1. The molecule has 1 amide bonds. The van der Waals surface area contributed by atoms with Crippen LogP contribution in [0.3, 0.4) is 0 Å². The van der Waals surface area contributed by atoms with E-state index in [9.17, 15) is 23.7 Å². The lowest BCUT2D eigenvalue weighted by Crippen LogP contribution is -2.67. The van der Waals surface area contributed by atoms with Crippen molar-refractivity contribution in [3.63, 3.8) is 0 Å². The minimum atomic E-state index is -1.84. The lowest BCUT2D eigenvalue weighted by Gasteiger charge is -2.53. The normalized spacial score (nSPS) is 18.6. The summed E-state index contributed by atoms with van der Waals surface area (Å²) in [5, 5.41) is 11.2. The molecular weight excluding hydrogens is 482 g/mol. The molecule has 1 heterocycles. The van der Waals surface area contributed by atoms with Gasteiger partial charge in [-0.15, -0.1) is 0 Å². The third-order valence-electron chi connectivity index (χ3n) is 6.57. The molecule has 0 saturated carbocycles. The number of hydrogen-bond acceptors (Lipinski definition) is 4. The van der Waals surface area contributed by atoms with Gasteiger partial charge < -0.3 is 9.33 Å². The molecule has 0 radical (unpaired) electrons. The van der Waals surface area contributed by atoms with Gasteiger partial charge >= 0.3 is 0 Å². The second-order valence-electron chi connectivity index (χ2n) is 10.00. The summed E-state index contributed by atoms with van der Waals surface area (Å²) in [4.78, 5) is 26.4. The third-order valence-corrected chi connectivity index (χ3v) is 7.64. The van der Waals surface area contributed by atoms with Crippen LogP contribution in [0.15, 0.2) is 72.8 Å². The van der Waals surface area contributed by atoms with Gasteiger partial charge in [0.05, 0.1) is 10.3 Å². The maximum atomic E-state index is 14.0. The first kappa shape index (κ1) is 25.7. The Balaban J connectivity index is 1.79. The van der Waals surface area contributed by atoms with Crippen LogP contribution in [-0.4, -0.2) is 32.3 Å². The van der Waals surface area contributed by atoms with E-state index in [1.54, 1.807) is 41.3 Å². The molecule has 2 atom stereocenters. The fourth-order valence-corrected chi connectivity index (χ4v) is 5.53. The van der Waals surface area contributed by atoms with Crippen LogP contribution < -0.4 is 4.90 Å². The smallest absolute Gasteiger partial charge is 0.269 e. The summed E-state index contributed by atoms with van der Waals surface area (Å²) in [6.07, 6.45) is 0.496. The van der Waals surface area contributed by atoms with Gasteiger partial charge in [0.15, 0.2) is 8.32 Å². The van der Waals surface area contributed by atoms with E-state index in [0.717, 1.165) is 5.56 Å². The van der Waals surface area contributed by atoms with Crippen molar-refractivity contribution in [2.75, 3.05) is 18.1 Å². The van der Waals surface area contributed by atoms with Crippen molar-refractivity contribution in [2.45, 2.75) is 37.4 Å². The maximum absolute atomic E-state index is 14.0. The van der Waals surface area contributed by atoms with Crippen molar-refractivity contribution in [1.29, 1.82) is 0 Å². The highest BCUT2D eigenvalue weighted by Gasteiger charge is 2.58. The summed E-state index contributed by atoms with van der Waals surface area (Å²) in [5.41, 5.74) is 0.857. The number of amides is 1. The summed E-state index contributed by atoms with van der Waals surface area (Å²) in [5.74, 6) is -1.36. The zero-order valence-electron chi connectivity index (χ0n) is 20.4. The quantitative estimate of drug-likeness (QED) is 0.149. The molecule has 0 bridgehead atoms. The number of halogens is 2. The summed E-state index contributed by atoms with van der Waals surface area (Å²) >= 11 is 0.